The lowest BCUT2D eigenvalue weighted by atomic mass is 9.87. The maximum Gasteiger partial charge on any atom is 0.328 e. The molecule has 0 aliphatic carbocycles. The molecule has 7 amide bonds. The summed E-state index contributed by atoms with van der Waals surface area (Å²) in [5.74, 6) is -4.25. The number of methoxy groups -OCH3 is 3. The first kappa shape index (κ1) is 69.3. The number of carbonyl (C=O) groups excluding carboxylic acids is 8. The molecule has 0 bridgehead atoms. The molecule has 3 aliphatic heterocycles. The van der Waals surface area contributed by atoms with Gasteiger partial charge in [-0.15, -0.1) is 0 Å². The van der Waals surface area contributed by atoms with Crippen molar-refractivity contribution in [1.82, 2.24) is 30.2 Å². The fraction of sp³-hybridized carbons (Fsp3) is 0.729. The third-order valence-corrected chi connectivity index (χ3v) is 15.7. The predicted octanol–water partition coefficient (Wildman–Crippen LogP) is 2.74. The molecule has 0 spiro atoms. The zero-order valence-corrected chi connectivity index (χ0v) is 50.2. The highest BCUT2D eigenvalue weighted by atomic mass is 16.6. The van der Waals surface area contributed by atoms with Crippen LogP contribution >= 0.6 is 0 Å². The topological polar surface area (TPSA) is 257 Å². The number of nitrogens with zero attached hydrogens (tertiary/aromatic N) is 4. The van der Waals surface area contributed by atoms with Gasteiger partial charge in [-0.25, -0.2) is 4.79 Å². The first-order valence-corrected chi connectivity index (χ1v) is 29.0. The highest BCUT2D eigenvalue weighted by Crippen LogP contribution is 2.33. The minimum atomic E-state index is -1.27. The van der Waals surface area contributed by atoms with Crippen molar-refractivity contribution in [3.8, 4) is 0 Å². The molecule has 0 aromatic heterocycles. The van der Waals surface area contributed by atoms with Crippen molar-refractivity contribution in [1.29, 1.82) is 0 Å². The molecule has 462 valence electrons. The number of hydrogen-bond donors (Lipinski definition) is 2. The van der Waals surface area contributed by atoms with Gasteiger partial charge in [0.1, 0.15) is 11.6 Å². The van der Waals surface area contributed by atoms with E-state index in [0.29, 0.717) is 105 Å². The van der Waals surface area contributed by atoms with E-state index in [2.05, 4.69) is 10.6 Å². The highest BCUT2D eigenvalue weighted by molar-refractivity contribution is 6.12. The van der Waals surface area contributed by atoms with Gasteiger partial charge in [0.25, 0.3) is 17.7 Å². The Hall–Kier alpha value is -5.24. The lowest BCUT2D eigenvalue weighted by Gasteiger charge is -2.43. The molecule has 1 aromatic carbocycles. The van der Waals surface area contributed by atoms with Gasteiger partial charge in [-0.05, 0) is 57.1 Å². The van der Waals surface area contributed by atoms with Gasteiger partial charge >= 0.3 is 5.97 Å². The molecule has 4 rings (SSSR count). The lowest BCUT2D eigenvalue weighted by molar-refractivity contribution is -0.149. The summed E-state index contributed by atoms with van der Waals surface area (Å²) in [6.45, 7) is 16.1. The molecule has 82 heavy (non-hydrogen) atoms. The van der Waals surface area contributed by atoms with Crippen LogP contribution < -0.4 is 10.6 Å². The summed E-state index contributed by atoms with van der Waals surface area (Å²) in [4.78, 5) is 113. The van der Waals surface area contributed by atoms with Crippen molar-refractivity contribution in [2.75, 3.05) is 127 Å². The maximum absolute atomic E-state index is 14.5. The molecule has 1 aromatic rings. The fourth-order valence-corrected chi connectivity index (χ4v) is 11.0. The minimum Gasteiger partial charge on any atom is -0.467 e. The number of likely N-dealkylation sites (tertiary alicyclic amines) is 2. The van der Waals surface area contributed by atoms with Crippen LogP contribution in [-0.2, 0) is 87.4 Å². The first-order chi connectivity index (χ1) is 39.3. The van der Waals surface area contributed by atoms with Crippen molar-refractivity contribution in [2.24, 2.45) is 17.8 Å². The van der Waals surface area contributed by atoms with Gasteiger partial charge in [0, 0.05) is 51.9 Å². The van der Waals surface area contributed by atoms with Crippen molar-refractivity contribution in [2.45, 2.75) is 135 Å². The van der Waals surface area contributed by atoms with Crippen LogP contribution in [0.5, 0.6) is 0 Å². The number of rotatable bonds is 40. The van der Waals surface area contributed by atoms with Gasteiger partial charge < -0.3 is 57.7 Å². The lowest BCUT2D eigenvalue weighted by Crippen LogP contribution is -2.62. The Morgan fingerprint density at radius 2 is 1.28 bits per heavy atom. The number of benzene rings is 1. The summed E-state index contributed by atoms with van der Waals surface area (Å²) in [7, 11) is 6.16. The van der Waals surface area contributed by atoms with Crippen molar-refractivity contribution < 1.29 is 81.0 Å². The van der Waals surface area contributed by atoms with E-state index in [9.17, 15) is 38.4 Å². The number of nitrogens with one attached hydrogen (secondary N) is 2. The van der Waals surface area contributed by atoms with Crippen LogP contribution in [0.25, 0.3) is 0 Å². The molecular weight excluding hydrogens is 1060 g/mol. The molecule has 3 aliphatic rings. The van der Waals surface area contributed by atoms with E-state index < -0.39 is 71.5 Å². The van der Waals surface area contributed by atoms with Crippen LogP contribution in [0.15, 0.2) is 42.5 Å². The number of likely N-dealkylation sites (N-methyl/N-ethyl adjacent to an activating group) is 1. The van der Waals surface area contributed by atoms with Gasteiger partial charge in [-0.2, -0.15) is 0 Å². The van der Waals surface area contributed by atoms with Crippen LogP contribution in [0.2, 0.25) is 0 Å². The molecule has 3 heterocycles. The van der Waals surface area contributed by atoms with Crippen LogP contribution in [0.3, 0.4) is 0 Å². The summed E-state index contributed by atoms with van der Waals surface area (Å²) in [5, 5.41) is 5.55. The second-order valence-corrected chi connectivity index (χ2v) is 21.6. The van der Waals surface area contributed by atoms with E-state index in [1.807, 2.05) is 70.0 Å². The summed E-state index contributed by atoms with van der Waals surface area (Å²) in [5.41, 5.74) is -0.411. The van der Waals surface area contributed by atoms with Crippen LogP contribution in [-0.4, -0.2) is 236 Å². The number of carbonyl (C=O) groups is 8. The molecule has 23 heteroatoms. The van der Waals surface area contributed by atoms with E-state index in [0.717, 1.165) is 10.5 Å². The Bertz CT molecular complexity index is 2190. The molecule has 0 saturated carbocycles. The molecule has 0 unspecified atom stereocenters. The van der Waals surface area contributed by atoms with Crippen molar-refractivity contribution >= 4 is 47.3 Å². The van der Waals surface area contributed by atoms with E-state index in [1.165, 1.54) is 31.3 Å². The third-order valence-electron chi connectivity index (χ3n) is 15.7. The number of esters is 1. The van der Waals surface area contributed by atoms with Gasteiger partial charge in [-0.3, -0.25) is 48.7 Å². The van der Waals surface area contributed by atoms with Crippen molar-refractivity contribution in [3.05, 3.63) is 48.0 Å². The number of ether oxygens (including phenoxy) is 9. The van der Waals surface area contributed by atoms with E-state index in [1.54, 1.807) is 25.9 Å². The Balaban J connectivity index is 1.19. The van der Waals surface area contributed by atoms with E-state index in [-0.39, 0.29) is 81.1 Å². The predicted molar refractivity (Wildman–Crippen MR) is 302 cm³/mol. The second-order valence-electron chi connectivity index (χ2n) is 21.6. The number of amides is 7. The van der Waals surface area contributed by atoms with Gasteiger partial charge in [-0.1, -0.05) is 71.4 Å². The normalized spacial score (nSPS) is 19.8. The Kier molecular flexibility index (Phi) is 30.8. The summed E-state index contributed by atoms with van der Waals surface area (Å²) >= 11 is 0. The summed E-state index contributed by atoms with van der Waals surface area (Å²) in [6, 6.07) is 6.70. The molecule has 23 nitrogen and oxygen atoms in total. The summed E-state index contributed by atoms with van der Waals surface area (Å²) in [6.07, 6.45) is 4.33. The molecule has 2 N–H and O–H groups in total. The third kappa shape index (κ3) is 20.8. The average Bonchev–Trinajstić information content (AvgIpc) is 3.82. The quantitative estimate of drug-likeness (QED) is 0.0544. The Morgan fingerprint density at radius 3 is 1.80 bits per heavy atom. The van der Waals surface area contributed by atoms with E-state index >= 15 is 0 Å². The zero-order chi connectivity index (χ0) is 60.2. The molecule has 2 saturated heterocycles. The van der Waals surface area contributed by atoms with Crippen LogP contribution in [0, 0.1) is 17.8 Å². The zero-order valence-electron chi connectivity index (χ0n) is 50.2. The SMILES string of the molecule is CC[C@H](C)[C@@H]([C@@H](CC(=O)N1CCC[C@H]1[C@H](OC)[C@@H](C)C(=O)N[C@@H](Cc1ccccc1)C(=O)OC)OC)N(C)[C@H](C(=O)NC(=O)[C@]1(C)CCCN1C(=O)CCOCCOCCOCCOCCOCCOCCN1C(=O)C=CC1=O)C(C)C. The standard InChI is InChI=1S/C59H94N6O17/c1-11-42(4)53(47(74-8)40-51(69)63-24-15-19-46(63)54(75-9)43(5)55(70)60-45(57(72)76-10)39-44-17-13-12-14-18-44)62(7)52(41(2)3)56(71)61-58(73)59(6)23-16-25-65(59)50(68)22-27-77-29-31-79-33-35-81-37-38-82-36-34-80-32-30-78-28-26-64-48(66)20-21-49(64)67/h12-14,17-18,20-21,41-43,45-47,52-54H,11,15-16,19,22-40H2,1-10H3,(H,60,70)(H,61,71,73)/t42-,43+,45-,46-,47+,52-,53-,54+,59-/m0/s1. The van der Waals surface area contributed by atoms with Crippen LogP contribution in [0.4, 0.5) is 0 Å². The smallest absolute Gasteiger partial charge is 0.328 e. The van der Waals surface area contributed by atoms with Gasteiger partial charge in [0.05, 0.1) is 136 Å². The second kappa shape index (κ2) is 36.5. The largest absolute Gasteiger partial charge is 0.467 e. The Morgan fingerprint density at radius 1 is 0.720 bits per heavy atom. The average molecular weight is 1160 g/mol. The van der Waals surface area contributed by atoms with Gasteiger partial charge in [0.2, 0.25) is 23.6 Å². The van der Waals surface area contributed by atoms with Crippen molar-refractivity contribution in [3.63, 3.8) is 0 Å². The minimum absolute atomic E-state index is 0.0232. The Labute approximate surface area is 485 Å². The van der Waals surface area contributed by atoms with Gasteiger partial charge in [0.15, 0.2) is 0 Å². The molecule has 0 radical (unpaired) electrons. The maximum atomic E-state index is 14.5. The summed E-state index contributed by atoms with van der Waals surface area (Å²) < 4.78 is 50.3. The number of imide groups is 2. The fourth-order valence-electron chi connectivity index (χ4n) is 11.0. The molecular formula is C59H94N6O17. The van der Waals surface area contributed by atoms with E-state index in [4.69, 9.17) is 42.6 Å². The number of hydrogen-bond acceptors (Lipinski definition) is 18. The molecule has 9 atom stereocenters. The monoisotopic (exact) mass is 1160 g/mol. The first-order valence-electron chi connectivity index (χ1n) is 29.0. The molecule has 2 fully saturated rings. The highest BCUT2D eigenvalue weighted by Gasteiger charge is 2.48. The van der Waals surface area contributed by atoms with Crippen LogP contribution in [0.1, 0.15) is 92.1 Å².